The fourth-order valence-corrected chi connectivity index (χ4v) is 1.40. The van der Waals surface area contributed by atoms with Crippen molar-refractivity contribution in [1.82, 2.24) is 0 Å². The Labute approximate surface area is 89.4 Å². The highest BCUT2D eigenvalue weighted by Crippen LogP contribution is 2.36. The summed E-state index contributed by atoms with van der Waals surface area (Å²) in [4.78, 5) is 20.7. The van der Waals surface area contributed by atoms with Crippen molar-refractivity contribution in [2.24, 2.45) is 0 Å². The lowest BCUT2D eigenvalue weighted by atomic mass is 10.1. The summed E-state index contributed by atoms with van der Waals surface area (Å²) in [7, 11) is 0. The van der Waals surface area contributed by atoms with E-state index in [-0.39, 0.29) is 18.1 Å². The van der Waals surface area contributed by atoms with Crippen LogP contribution in [0.15, 0.2) is 12.1 Å². The third kappa shape index (κ3) is 1.62. The average Bonchev–Trinajstić information content (AvgIpc) is 2.27. The summed E-state index contributed by atoms with van der Waals surface area (Å²) in [6.07, 6.45) is 0. The normalized spacial score (nSPS) is 13.2. The first kappa shape index (κ1) is 10.2. The monoisotopic (exact) mass is 225 g/mol. The molecule has 0 spiro atoms. The zero-order valence-corrected chi connectivity index (χ0v) is 8.00. The fraction of sp³-hybridized carbons (Fsp3) is 0.222. The molecule has 0 amide bonds. The molecule has 16 heavy (non-hydrogen) atoms. The first-order chi connectivity index (χ1) is 7.59. The number of carboxylic acids is 1. The van der Waals surface area contributed by atoms with E-state index < -0.39 is 22.1 Å². The second-order valence-electron chi connectivity index (χ2n) is 3.08. The molecule has 0 radical (unpaired) electrons. The van der Waals surface area contributed by atoms with E-state index in [4.69, 9.17) is 14.6 Å². The smallest absolute Gasteiger partial charge is 0.342 e. The largest absolute Gasteiger partial charge is 0.486 e. The van der Waals surface area contributed by atoms with Crippen LogP contribution in [0.1, 0.15) is 10.4 Å². The minimum absolute atomic E-state index is 0.197. The van der Waals surface area contributed by atoms with Gasteiger partial charge in [-0.25, -0.2) is 4.79 Å². The predicted octanol–water partition coefficient (Wildman–Crippen LogP) is 1.06. The molecule has 0 aliphatic carbocycles. The molecule has 1 aliphatic rings. The second kappa shape index (κ2) is 3.69. The van der Waals surface area contributed by atoms with Crippen LogP contribution < -0.4 is 9.47 Å². The Morgan fingerprint density at radius 3 is 2.38 bits per heavy atom. The number of hydrogen-bond donors (Lipinski definition) is 1. The van der Waals surface area contributed by atoms with Gasteiger partial charge in [-0.15, -0.1) is 0 Å². The summed E-state index contributed by atoms with van der Waals surface area (Å²) < 4.78 is 10.3. The molecule has 0 aromatic heterocycles. The molecule has 1 N–H and O–H groups in total. The van der Waals surface area contributed by atoms with Gasteiger partial charge < -0.3 is 14.6 Å². The molecule has 1 aromatic rings. The zero-order chi connectivity index (χ0) is 11.7. The summed E-state index contributed by atoms with van der Waals surface area (Å²) >= 11 is 0. The van der Waals surface area contributed by atoms with Crippen molar-refractivity contribution in [1.29, 1.82) is 0 Å². The van der Waals surface area contributed by atoms with E-state index in [9.17, 15) is 14.9 Å². The average molecular weight is 225 g/mol. The number of carboxylic acid groups (broad SMARTS) is 1. The standard InChI is InChI=1S/C9H7NO6/c11-9(12)5-3-7-8(16-2-1-15-7)4-6(5)10(13)14/h3-4H,1-2H2,(H,11,12). The van der Waals surface area contributed by atoms with E-state index in [1.54, 1.807) is 0 Å². The maximum Gasteiger partial charge on any atom is 0.342 e. The van der Waals surface area contributed by atoms with Gasteiger partial charge in [0.05, 0.1) is 11.0 Å². The Morgan fingerprint density at radius 2 is 1.88 bits per heavy atom. The summed E-state index contributed by atoms with van der Waals surface area (Å²) in [5.74, 6) is -0.958. The fourth-order valence-electron chi connectivity index (χ4n) is 1.40. The maximum absolute atomic E-state index is 10.8. The van der Waals surface area contributed by atoms with E-state index in [0.717, 1.165) is 12.1 Å². The molecule has 7 nitrogen and oxygen atoms in total. The number of ether oxygens (including phenoxy) is 2. The van der Waals surface area contributed by atoms with Crippen molar-refractivity contribution >= 4 is 11.7 Å². The number of nitrogens with zero attached hydrogens (tertiary/aromatic N) is 1. The van der Waals surface area contributed by atoms with Crippen LogP contribution in [0.5, 0.6) is 11.5 Å². The van der Waals surface area contributed by atoms with Crippen LogP contribution >= 0.6 is 0 Å². The van der Waals surface area contributed by atoms with Gasteiger partial charge in [0.1, 0.15) is 18.8 Å². The number of fused-ring (bicyclic) bond motifs is 1. The van der Waals surface area contributed by atoms with Gasteiger partial charge in [-0.05, 0) is 0 Å². The zero-order valence-electron chi connectivity index (χ0n) is 8.00. The topological polar surface area (TPSA) is 98.9 Å². The Hall–Kier alpha value is -2.31. The summed E-state index contributed by atoms with van der Waals surface area (Å²) in [6, 6.07) is 2.17. The second-order valence-corrected chi connectivity index (χ2v) is 3.08. The molecule has 0 fully saturated rings. The lowest BCUT2D eigenvalue weighted by molar-refractivity contribution is -0.385. The SMILES string of the molecule is O=C(O)c1cc2c(cc1[N+](=O)[O-])OCCO2. The van der Waals surface area contributed by atoms with Crippen molar-refractivity contribution in [3.05, 3.63) is 27.8 Å². The van der Waals surface area contributed by atoms with Gasteiger partial charge in [0.25, 0.3) is 5.69 Å². The van der Waals surface area contributed by atoms with E-state index in [1.165, 1.54) is 0 Å². The van der Waals surface area contributed by atoms with Crippen LogP contribution in [-0.4, -0.2) is 29.2 Å². The van der Waals surface area contributed by atoms with Gasteiger partial charge in [0.2, 0.25) is 0 Å². The van der Waals surface area contributed by atoms with E-state index in [2.05, 4.69) is 0 Å². The minimum Gasteiger partial charge on any atom is -0.486 e. The van der Waals surface area contributed by atoms with Gasteiger partial charge in [-0.2, -0.15) is 0 Å². The molecule has 0 atom stereocenters. The van der Waals surface area contributed by atoms with Crippen LogP contribution in [0.2, 0.25) is 0 Å². The molecule has 1 heterocycles. The molecule has 0 saturated carbocycles. The predicted molar refractivity (Wildman–Crippen MR) is 51.0 cm³/mol. The summed E-state index contributed by atoms with van der Waals surface area (Å²) in [5.41, 5.74) is -0.911. The molecule has 7 heteroatoms. The van der Waals surface area contributed by atoms with Crippen LogP contribution in [0.4, 0.5) is 5.69 Å². The van der Waals surface area contributed by atoms with Crippen LogP contribution in [0.25, 0.3) is 0 Å². The molecule has 1 aromatic carbocycles. The molecule has 1 aliphatic heterocycles. The van der Waals surface area contributed by atoms with Gasteiger partial charge in [-0.1, -0.05) is 0 Å². The van der Waals surface area contributed by atoms with Crippen LogP contribution in [0.3, 0.4) is 0 Å². The number of hydrogen-bond acceptors (Lipinski definition) is 5. The Kier molecular flexibility index (Phi) is 2.35. The first-order valence-corrected chi connectivity index (χ1v) is 4.41. The summed E-state index contributed by atoms with van der Waals surface area (Å²) in [6.45, 7) is 0.584. The summed E-state index contributed by atoms with van der Waals surface area (Å²) in [5, 5.41) is 19.5. The third-order valence-corrected chi connectivity index (χ3v) is 2.09. The maximum atomic E-state index is 10.8. The van der Waals surface area contributed by atoms with Gasteiger partial charge in [-0.3, -0.25) is 10.1 Å². The highest BCUT2D eigenvalue weighted by Gasteiger charge is 2.25. The molecule has 0 saturated heterocycles. The molecular weight excluding hydrogens is 218 g/mol. The molecule has 0 bridgehead atoms. The number of benzene rings is 1. The Morgan fingerprint density at radius 1 is 1.31 bits per heavy atom. The van der Waals surface area contributed by atoms with Crippen LogP contribution in [0, 0.1) is 10.1 Å². The van der Waals surface area contributed by atoms with Gasteiger partial charge in [0.15, 0.2) is 11.5 Å². The van der Waals surface area contributed by atoms with Crippen molar-refractivity contribution in [2.75, 3.05) is 13.2 Å². The highest BCUT2D eigenvalue weighted by molar-refractivity contribution is 5.93. The lowest BCUT2D eigenvalue weighted by Gasteiger charge is -2.18. The van der Waals surface area contributed by atoms with Crippen molar-refractivity contribution < 1.29 is 24.3 Å². The minimum atomic E-state index is -1.37. The highest BCUT2D eigenvalue weighted by atomic mass is 16.6. The molecule has 0 unspecified atom stereocenters. The number of rotatable bonds is 2. The lowest BCUT2D eigenvalue weighted by Crippen LogP contribution is -2.16. The first-order valence-electron chi connectivity index (χ1n) is 4.41. The van der Waals surface area contributed by atoms with Crippen molar-refractivity contribution in [3.63, 3.8) is 0 Å². The number of aromatic carboxylic acids is 1. The Balaban J connectivity index is 2.59. The van der Waals surface area contributed by atoms with E-state index in [1.807, 2.05) is 0 Å². The van der Waals surface area contributed by atoms with E-state index >= 15 is 0 Å². The van der Waals surface area contributed by atoms with Gasteiger partial charge in [0, 0.05) is 6.07 Å². The number of carbonyl (C=O) groups is 1. The van der Waals surface area contributed by atoms with Crippen molar-refractivity contribution in [2.45, 2.75) is 0 Å². The third-order valence-electron chi connectivity index (χ3n) is 2.09. The van der Waals surface area contributed by atoms with Gasteiger partial charge >= 0.3 is 5.97 Å². The molecule has 84 valence electrons. The number of nitro benzene ring substituents is 1. The van der Waals surface area contributed by atoms with Crippen LogP contribution in [-0.2, 0) is 0 Å². The van der Waals surface area contributed by atoms with E-state index in [0.29, 0.717) is 6.61 Å². The molecular formula is C9H7NO6. The molecule has 2 rings (SSSR count). The number of nitro groups is 1. The van der Waals surface area contributed by atoms with Crippen molar-refractivity contribution in [3.8, 4) is 11.5 Å². The Bertz CT molecular complexity index is 426. The quantitative estimate of drug-likeness (QED) is 0.596.